The zero-order valence-electron chi connectivity index (χ0n) is 17.9. The maximum absolute atomic E-state index is 11.7. The molecule has 0 aliphatic heterocycles. The van der Waals surface area contributed by atoms with E-state index in [2.05, 4.69) is 20.8 Å². The number of amides is 1. The second-order valence-electron chi connectivity index (χ2n) is 7.90. The summed E-state index contributed by atoms with van der Waals surface area (Å²) in [5.74, 6) is 0.850. The first-order valence-corrected chi connectivity index (χ1v) is 9.69. The molecule has 0 bridgehead atoms. The van der Waals surface area contributed by atoms with Crippen molar-refractivity contribution >= 4 is 6.09 Å². The Bertz CT molecular complexity index is 753. The lowest BCUT2D eigenvalue weighted by atomic mass is 10.2. The largest absolute Gasteiger partial charge is 0.497 e. The first kappa shape index (κ1) is 22.7. The zero-order chi connectivity index (χ0) is 21.3. The van der Waals surface area contributed by atoms with Gasteiger partial charge in [-0.1, -0.05) is 12.1 Å². The number of ether oxygens (including phenoxy) is 3. The highest BCUT2D eigenvalue weighted by Gasteiger charge is 2.17. The smallest absolute Gasteiger partial charge is 0.407 e. The van der Waals surface area contributed by atoms with Crippen LogP contribution in [0, 0.1) is 0 Å². The number of carbonyl (C=O) groups is 1. The first-order valence-electron chi connectivity index (χ1n) is 9.69. The van der Waals surface area contributed by atoms with Gasteiger partial charge in [0.25, 0.3) is 0 Å². The maximum atomic E-state index is 11.7. The van der Waals surface area contributed by atoms with E-state index in [1.807, 2.05) is 58.0 Å². The number of nitrogens with zero attached hydrogens (tertiary/aromatic N) is 1. The van der Waals surface area contributed by atoms with E-state index >= 15 is 0 Å². The molecule has 1 aromatic heterocycles. The molecule has 3 N–H and O–H groups in total. The summed E-state index contributed by atoms with van der Waals surface area (Å²) in [5.41, 5.74) is 2.46. The Hall–Kier alpha value is -2.58. The number of benzene rings is 1. The number of aromatic amines is 1. The summed E-state index contributed by atoms with van der Waals surface area (Å²) in [7, 11) is 1.66. The SMILES string of the molecule is COc1ccc(CNCc2cc(COC[C@H](C)NC(=O)OC(C)(C)C)n[nH]2)cc1. The highest BCUT2D eigenvalue weighted by atomic mass is 16.6. The summed E-state index contributed by atoms with van der Waals surface area (Å²) in [6.45, 7) is 9.52. The molecule has 0 aliphatic carbocycles. The molecule has 1 atom stereocenters. The monoisotopic (exact) mass is 404 g/mol. The molecular formula is C21H32N4O4. The van der Waals surface area contributed by atoms with E-state index in [0.29, 0.717) is 19.8 Å². The Kier molecular flexibility index (Phi) is 8.48. The molecule has 0 fully saturated rings. The number of rotatable bonds is 10. The Morgan fingerprint density at radius 3 is 2.59 bits per heavy atom. The molecule has 2 aromatic rings. The number of aromatic nitrogens is 2. The van der Waals surface area contributed by atoms with E-state index < -0.39 is 11.7 Å². The fraction of sp³-hybridized carbons (Fsp3) is 0.524. The minimum atomic E-state index is -0.516. The van der Waals surface area contributed by atoms with Gasteiger partial charge in [-0.3, -0.25) is 5.10 Å². The topological polar surface area (TPSA) is 97.5 Å². The van der Waals surface area contributed by atoms with Crippen LogP contribution in [0.3, 0.4) is 0 Å². The van der Waals surface area contributed by atoms with Crippen molar-refractivity contribution < 1.29 is 19.0 Å². The van der Waals surface area contributed by atoms with Gasteiger partial charge in [0.1, 0.15) is 11.4 Å². The molecule has 0 unspecified atom stereocenters. The molecular weight excluding hydrogens is 372 g/mol. The van der Waals surface area contributed by atoms with Gasteiger partial charge in [-0.15, -0.1) is 0 Å². The highest BCUT2D eigenvalue weighted by molar-refractivity contribution is 5.68. The molecule has 0 radical (unpaired) electrons. The van der Waals surface area contributed by atoms with Crippen LogP contribution < -0.4 is 15.4 Å². The van der Waals surface area contributed by atoms with Gasteiger partial charge in [0.2, 0.25) is 0 Å². The van der Waals surface area contributed by atoms with Gasteiger partial charge < -0.3 is 24.8 Å². The summed E-state index contributed by atoms with van der Waals surface area (Å²) in [6.07, 6.45) is -0.446. The normalized spacial score (nSPS) is 12.4. The lowest BCUT2D eigenvalue weighted by Crippen LogP contribution is -2.39. The molecule has 1 aromatic carbocycles. The van der Waals surface area contributed by atoms with Crippen molar-refractivity contribution in [2.45, 2.75) is 59.0 Å². The summed E-state index contributed by atoms with van der Waals surface area (Å²) in [5, 5.41) is 13.4. The van der Waals surface area contributed by atoms with Crippen LogP contribution >= 0.6 is 0 Å². The summed E-state index contributed by atoms with van der Waals surface area (Å²) in [6, 6.07) is 9.76. The van der Waals surface area contributed by atoms with Crippen molar-refractivity contribution in [1.29, 1.82) is 0 Å². The molecule has 2 rings (SSSR count). The van der Waals surface area contributed by atoms with Gasteiger partial charge in [0.15, 0.2) is 0 Å². The van der Waals surface area contributed by atoms with Crippen molar-refractivity contribution in [3.63, 3.8) is 0 Å². The number of alkyl carbamates (subject to hydrolysis) is 1. The predicted molar refractivity (Wildman–Crippen MR) is 111 cm³/mol. The van der Waals surface area contributed by atoms with Crippen LogP contribution in [-0.4, -0.2) is 41.7 Å². The third kappa shape index (κ3) is 8.97. The molecule has 160 valence electrons. The maximum Gasteiger partial charge on any atom is 0.407 e. The van der Waals surface area contributed by atoms with E-state index in [1.54, 1.807) is 7.11 Å². The third-order valence-corrected chi connectivity index (χ3v) is 3.87. The first-order chi connectivity index (χ1) is 13.7. The van der Waals surface area contributed by atoms with Crippen LogP contribution in [0.1, 0.15) is 44.6 Å². The van der Waals surface area contributed by atoms with Crippen LogP contribution in [0.2, 0.25) is 0 Å². The molecule has 8 heteroatoms. The van der Waals surface area contributed by atoms with Gasteiger partial charge in [0, 0.05) is 18.8 Å². The van der Waals surface area contributed by atoms with Gasteiger partial charge >= 0.3 is 6.09 Å². The average Bonchev–Trinajstić information content (AvgIpc) is 3.08. The van der Waals surface area contributed by atoms with Gasteiger partial charge in [-0.05, 0) is 51.5 Å². The minimum Gasteiger partial charge on any atom is -0.497 e. The molecule has 0 spiro atoms. The molecule has 29 heavy (non-hydrogen) atoms. The Balaban J connectivity index is 1.64. The summed E-state index contributed by atoms with van der Waals surface area (Å²) >= 11 is 0. The lowest BCUT2D eigenvalue weighted by molar-refractivity contribution is 0.0440. The second kappa shape index (κ2) is 10.8. The van der Waals surface area contributed by atoms with Crippen LogP contribution in [0.5, 0.6) is 5.75 Å². The van der Waals surface area contributed by atoms with Crippen molar-refractivity contribution in [1.82, 2.24) is 20.8 Å². The van der Waals surface area contributed by atoms with Gasteiger partial charge in [-0.2, -0.15) is 5.10 Å². The van der Waals surface area contributed by atoms with E-state index in [1.165, 1.54) is 5.56 Å². The molecule has 0 saturated heterocycles. The number of nitrogens with one attached hydrogen (secondary N) is 3. The van der Waals surface area contributed by atoms with Crippen molar-refractivity contribution in [2.75, 3.05) is 13.7 Å². The Morgan fingerprint density at radius 1 is 1.21 bits per heavy atom. The van der Waals surface area contributed by atoms with Crippen molar-refractivity contribution in [2.24, 2.45) is 0 Å². The van der Waals surface area contributed by atoms with Crippen LogP contribution in [0.15, 0.2) is 30.3 Å². The number of H-pyrrole nitrogens is 1. The van der Waals surface area contributed by atoms with E-state index in [4.69, 9.17) is 14.2 Å². The fourth-order valence-corrected chi connectivity index (χ4v) is 2.55. The quantitative estimate of drug-likeness (QED) is 0.563. The van der Waals surface area contributed by atoms with Gasteiger partial charge in [0.05, 0.1) is 32.1 Å². The van der Waals surface area contributed by atoms with E-state index in [9.17, 15) is 4.79 Å². The molecule has 0 saturated carbocycles. The van der Waals surface area contributed by atoms with E-state index in [0.717, 1.165) is 23.7 Å². The van der Waals surface area contributed by atoms with Gasteiger partial charge in [-0.25, -0.2) is 4.79 Å². The molecule has 1 heterocycles. The molecule has 1 amide bonds. The summed E-state index contributed by atoms with van der Waals surface area (Å²) in [4.78, 5) is 11.7. The van der Waals surface area contributed by atoms with Crippen LogP contribution in [0.25, 0.3) is 0 Å². The Morgan fingerprint density at radius 2 is 1.93 bits per heavy atom. The Labute approximate surface area is 172 Å². The molecule has 8 nitrogen and oxygen atoms in total. The van der Waals surface area contributed by atoms with E-state index in [-0.39, 0.29) is 6.04 Å². The number of methoxy groups -OCH3 is 1. The van der Waals surface area contributed by atoms with Crippen molar-refractivity contribution in [3.8, 4) is 5.75 Å². The van der Waals surface area contributed by atoms with Crippen LogP contribution in [-0.2, 0) is 29.2 Å². The van der Waals surface area contributed by atoms with Crippen LogP contribution in [0.4, 0.5) is 4.79 Å². The second-order valence-corrected chi connectivity index (χ2v) is 7.90. The predicted octanol–water partition coefficient (Wildman–Crippen LogP) is 3.14. The third-order valence-electron chi connectivity index (χ3n) is 3.87. The zero-order valence-corrected chi connectivity index (χ0v) is 17.9. The highest BCUT2D eigenvalue weighted by Crippen LogP contribution is 2.11. The average molecular weight is 405 g/mol. The fourth-order valence-electron chi connectivity index (χ4n) is 2.55. The number of carbonyl (C=O) groups excluding carboxylic acids is 1. The summed E-state index contributed by atoms with van der Waals surface area (Å²) < 4.78 is 16.0. The number of hydrogen-bond acceptors (Lipinski definition) is 6. The standard InChI is InChI=1S/C21H32N4O4/c1-15(23-20(26)29-21(2,3)4)13-28-14-18-10-17(24-25-18)12-22-11-16-6-8-19(27-5)9-7-16/h6-10,15,22H,11-14H2,1-5H3,(H,23,26)(H,24,25)/t15-/m0/s1. The van der Waals surface area contributed by atoms with Crippen molar-refractivity contribution in [3.05, 3.63) is 47.3 Å². The number of hydrogen-bond donors (Lipinski definition) is 3. The molecule has 0 aliphatic rings. The minimum absolute atomic E-state index is 0.158. The lowest BCUT2D eigenvalue weighted by Gasteiger charge is -2.21.